The van der Waals surface area contributed by atoms with E-state index in [1.165, 1.54) is 90.5 Å². The van der Waals surface area contributed by atoms with Gasteiger partial charge in [0.05, 0.1) is 0 Å². The van der Waals surface area contributed by atoms with Crippen LogP contribution >= 0.6 is 0 Å². The van der Waals surface area contributed by atoms with Crippen LogP contribution in [0.1, 0.15) is 57.8 Å². The Morgan fingerprint density at radius 3 is 2.33 bits per heavy atom. The zero-order valence-corrected chi connectivity index (χ0v) is 14.0. The summed E-state index contributed by atoms with van der Waals surface area (Å²) in [5.41, 5.74) is 0. The maximum atomic E-state index is 3.53. The average Bonchev–Trinajstić information content (AvgIpc) is 3.02. The first-order valence-electron chi connectivity index (χ1n) is 9.50. The zero-order valence-electron chi connectivity index (χ0n) is 14.0. The van der Waals surface area contributed by atoms with Crippen molar-refractivity contribution in [2.45, 2.75) is 69.9 Å². The van der Waals surface area contributed by atoms with E-state index < -0.39 is 0 Å². The van der Waals surface area contributed by atoms with Gasteiger partial charge in [0.15, 0.2) is 0 Å². The lowest BCUT2D eigenvalue weighted by Gasteiger charge is -2.40. The molecule has 3 aliphatic rings. The van der Waals surface area contributed by atoms with Crippen molar-refractivity contribution < 1.29 is 0 Å². The molecular formula is C18H35N3. The molecule has 2 heterocycles. The zero-order chi connectivity index (χ0) is 14.5. The van der Waals surface area contributed by atoms with Crippen LogP contribution in [0.3, 0.4) is 0 Å². The van der Waals surface area contributed by atoms with Crippen molar-refractivity contribution in [3.63, 3.8) is 0 Å². The molecule has 1 aliphatic carbocycles. The highest BCUT2D eigenvalue weighted by molar-refractivity contribution is 4.85. The van der Waals surface area contributed by atoms with Crippen LogP contribution in [0.4, 0.5) is 0 Å². The summed E-state index contributed by atoms with van der Waals surface area (Å²) < 4.78 is 0. The summed E-state index contributed by atoms with van der Waals surface area (Å²) >= 11 is 0. The second-order valence-corrected chi connectivity index (χ2v) is 7.54. The van der Waals surface area contributed by atoms with E-state index in [9.17, 15) is 0 Å². The number of likely N-dealkylation sites (tertiary alicyclic amines) is 2. The van der Waals surface area contributed by atoms with Gasteiger partial charge >= 0.3 is 0 Å². The molecule has 3 fully saturated rings. The predicted molar refractivity (Wildman–Crippen MR) is 89.7 cm³/mol. The lowest BCUT2D eigenvalue weighted by atomic mass is 9.97. The number of hydrogen-bond acceptors (Lipinski definition) is 3. The Kier molecular flexibility index (Phi) is 5.96. The van der Waals surface area contributed by atoms with E-state index in [4.69, 9.17) is 0 Å². The van der Waals surface area contributed by atoms with Crippen LogP contribution in [0.2, 0.25) is 0 Å². The molecule has 1 saturated carbocycles. The topological polar surface area (TPSA) is 18.5 Å². The van der Waals surface area contributed by atoms with Gasteiger partial charge in [-0.1, -0.05) is 12.8 Å². The maximum absolute atomic E-state index is 3.53. The first-order valence-corrected chi connectivity index (χ1v) is 9.50. The van der Waals surface area contributed by atoms with E-state index in [1.54, 1.807) is 0 Å². The van der Waals surface area contributed by atoms with Crippen molar-refractivity contribution in [2.75, 3.05) is 39.8 Å². The fourth-order valence-corrected chi connectivity index (χ4v) is 4.90. The number of piperidine rings is 2. The van der Waals surface area contributed by atoms with Gasteiger partial charge in [-0.3, -0.25) is 0 Å². The third-order valence-corrected chi connectivity index (χ3v) is 6.31. The molecule has 0 aromatic heterocycles. The molecule has 2 unspecified atom stereocenters. The lowest BCUT2D eigenvalue weighted by Crippen LogP contribution is -2.47. The normalized spacial score (nSPS) is 33.6. The third-order valence-electron chi connectivity index (χ3n) is 6.31. The van der Waals surface area contributed by atoms with Crippen LogP contribution in [0.5, 0.6) is 0 Å². The SMILES string of the molecule is CNC1CCCC1CCN1CCC(N2CCCCC2)CC1. The fraction of sp³-hybridized carbons (Fsp3) is 1.00. The molecule has 3 heteroatoms. The second-order valence-electron chi connectivity index (χ2n) is 7.54. The first-order chi connectivity index (χ1) is 10.4. The molecule has 122 valence electrons. The van der Waals surface area contributed by atoms with Crippen LogP contribution < -0.4 is 5.32 Å². The van der Waals surface area contributed by atoms with Crippen molar-refractivity contribution in [1.82, 2.24) is 15.1 Å². The maximum Gasteiger partial charge on any atom is 0.0120 e. The summed E-state index contributed by atoms with van der Waals surface area (Å²) in [6.07, 6.45) is 12.9. The monoisotopic (exact) mass is 293 g/mol. The van der Waals surface area contributed by atoms with Crippen molar-refractivity contribution >= 4 is 0 Å². The van der Waals surface area contributed by atoms with Crippen molar-refractivity contribution in [3.8, 4) is 0 Å². The van der Waals surface area contributed by atoms with E-state index in [0.29, 0.717) is 0 Å². The second kappa shape index (κ2) is 7.94. The highest BCUT2D eigenvalue weighted by atomic mass is 15.2. The molecule has 0 radical (unpaired) electrons. The molecule has 0 aromatic carbocycles. The third kappa shape index (κ3) is 4.20. The Hall–Kier alpha value is -0.120. The lowest BCUT2D eigenvalue weighted by molar-refractivity contribution is 0.0894. The van der Waals surface area contributed by atoms with Gasteiger partial charge in [-0.2, -0.15) is 0 Å². The minimum atomic E-state index is 0.802. The first kappa shape index (κ1) is 15.8. The number of nitrogens with zero attached hydrogens (tertiary/aromatic N) is 2. The molecule has 3 rings (SSSR count). The molecule has 0 amide bonds. The summed E-state index contributed by atoms with van der Waals surface area (Å²) in [5.74, 6) is 0.940. The Balaban J connectivity index is 1.35. The summed E-state index contributed by atoms with van der Waals surface area (Å²) in [6.45, 7) is 6.78. The fourth-order valence-electron chi connectivity index (χ4n) is 4.90. The number of hydrogen-bond donors (Lipinski definition) is 1. The summed E-state index contributed by atoms with van der Waals surface area (Å²) in [4.78, 5) is 5.53. The summed E-state index contributed by atoms with van der Waals surface area (Å²) in [6, 6.07) is 1.70. The van der Waals surface area contributed by atoms with Crippen molar-refractivity contribution in [2.24, 2.45) is 5.92 Å². The van der Waals surface area contributed by atoms with E-state index in [-0.39, 0.29) is 0 Å². The Labute approximate surface area is 131 Å². The van der Waals surface area contributed by atoms with Gasteiger partial charge in [-0.25, -0.2) is 0 Å². The molecule has 3 nitrogen and oxygen atoms in total. The van der Waals surface area contributed by atoms with Crippen LogP contribution in [-0.4, -0.2) is 61.7 Å². The largest absolute Gasteiger partial charge is 0.317 e. The standard InChI is InChI=1S/C18H35N3/c1-19-18-7-5-6-16(18)8-13-20-14-9-17(10-15-20)21-11-3-2-4-12-21/h16-19H,2-15H2,1H3. The minimum absolute atomic E-state index is 0.802. The Bertz CT molecular complexity index is 293. The number of nitrogens with one attached hydrogen (secondary N) is 1. The average molecular weight is 293 g/mol. The van der Waals surface area contributed by atoms with Crippen LogP contribution in [0.15, 0.2) is 0 Å². The van der Waals surface area contributed by atoms with E-state index in [2.05, 4.69) is 22.2 Å². The highest BCUT2D eigenvalue weighted by Crippen LogP contribution is 2.29. The van der Waals surface area contributed by atoms with Gasteiger partial charge in [0.25, 0.3) is 0 Å². The van der Waals surface area contributed by atoms with Crippen LogP contribution in [0, 0.1) is 5.92 Å². The van der Waals surface area contributed by atoms with Crippen molar-refractivity contribution in [3.05, 3.63) is 0 Å². The van der Waals surface area contributed by atoms with E-state index in [0.717, 1.165) is 18.0 Å². The summed E-state index contributed by atoms with van der Waals surface area (Å²) in [7, 11) is 2.15. The Morgan fingerprint density at radius 1 is 0.857 bits per heavy atom. The van der Waals surface area contributed by atoms with Gasteiger partial charge in [0.1, 0.15) is 0 Å². The van der Waals surface area contributed by atoms with Gasteiger partial charge < -0.3 is 15.1 Å². The van der Waals surface area contributed by atoms with Crippen LogP contribution in [0.25, 0.3) is 0 Å². The van der Waals surface area contributed by atoms with E-state index in [1.807, 2.05) is 0 Å². The van der Waals surface area contributed by atoms with Crippen LogP contribution in [-0.2, 0) is 0 Å². The predicted octanol–water partition coefficient (Wildman–Crippen LogP) is 2.71. The quantitative estimate of drug-likeness (QED) is 0.841. The highest BCUT2D eigenvalue weighted by Gasteiger charge is 2.28. The van der Waals surface area contributed by atoms with Gasteiger partial charge in [0, 0.05) is 12.1 Å². The smallest absolute Gasteiger partial charge is 0.0120 e. The molecule has 2 saturated heterocycles. The molecule has 2 atom stereocenters. The Morgan fingerprint density at radius 2 is 1.62 bits per heavy atom. The molecule has 21 heavy (non-hydrogen) atoms. The number of rotatable bonds is 5. The van der Waals surface area contributed by atoms with Gasteiger partial charge in [-0.05, 0) is 90.6 Å². The molecule has 0 aromatic rings. The molecule has 2 aliphatic heterocycles. The minimum Gasteiger partial charge on any atom is -0.317 e. The van der Waals surface area contributed by atoms with Crippen molar-refractivity contribution in [1.29, 1.82) is 0 Å². The molecule has 1 N–H and O–H groups in total. The summed E-state index contributed by atoms with van der Waals surface area (Å²) in [5, 5.41) is 3.53. The van der Waals surface area contributed by atoms with E-state index >= 15 is 0 Å². The van der Waals surface area contributed by atoms with Gasteiger partial charge in [-0.15, -0.1) is 0 Å². The molecule has 0 spiro atoms. The van der Waals surface area contributed by atoms with Gasteiger partial charge in [0.2, 0.25) is 0 Å². The molecule has 0 bridgehead atoms. The molecular weight excluding hydrogens is 258 g/mol.